The standard InChI is InChI=1S/C15H18N2O5.K/c1-15(2,3)22-14(21)16-10-6-5-8(13(19)20)9-7-17(4)12(18)11(9)10;/h5-6H,7H2,1-4H3,(H,16,21)(H,19,20);. The van der Waals surface area contributed by atoms with Crippen molar-refractivity contribution in [3.63, 3.8) is 0 Å². The molecule has 1 aromatic rings. The van der Waals surface area contributed by atoms with Crippen molar-refractivity contribution in [1.82, 2.24) is 4.90 Å². The quantitative estimate of drug-likeness (QED) is 0.799. The second-order valence-corrected chi connectivity index (χ2v) is 6.11. The Balaban J connectivity index is 0.00000264. The Bertz CT molecular complexity index is 667. The number of hydrogen-bond acceptors (Lipinski definition) is 4. The maximum Gasteiger partial charge on any atom is 0.412 e. The van der Waals surface area contributed by atoms with Gasteiger partial charge < -0.3 is 14.7 Å². The van der Waals surface area contributed by atoms with E-state index in [-0.39, 0.29) is 80.7 Å². The van der Waals surface area contributed by atoms with Gasteiger partial charge >= 0.3 is 12.1 Å². The number of hydrogen-bond donors (Lipinski definition) is 2. The number of benzene rings is 1. The molecule has 2 amide bonds. The van der Waals surface area contributed by atoms with Crippen LogP contribution in [0.15, 0.2) is 12.1 Å². The fraction of sp³-hybridized carbons (Fsp3) is 0.400. The Morgan fingerprint density at radius 1 is 1.30 bits per heavy atom. The molecule has 1 aliphatic rings. The van der Waals surface area contributed by atoms with Gasteiger partial charge in [-0.15, -0.1) is 0 Å². The van der Waals surface area contributed by atoms with E-state index in [1.807, 2.05) is 0 Å². The van der Waals surface area contributed by atoms with E-state index in [2.05, 4.69) is 5.32 Å². The number of carbonyl (C=O) groups excluding carboxylic acids is 2. The zero-order chi connectivity index (χ0) is 16.7. The SMILES string of the molecule is CN1Cc2c(C(=O)O)ccc(NC(=O)OC(C)(C)C)c2C1=O.[K]. The minimum atomic E-state index is -1.11. The maximum atomic E-state index is 12.2. The summed E-state index contributed by atoms with van der Waals surface area (Å²) in [5.74, 6) is -1.44. The summed E-state index contributed by atoms with van der Waals surface area (Å²) in [6.07, 6.45) is -0.694. The van der Waals surface area contributed by atoms with Crippen LogP contribution < -0.4 is 5.32 Å². The molecule has 1 aliphatic heterocycles. The first-order valence-electron chi connectivity index (χ1n) is 6.75. The van der Waals surface area contributed by atoms with Crippen molar-refractivity contribution in [2.45, 2.75) is 32.9 Å². The second-order valence-electron chi connectivity index (χ2n) is 6.11. The molecular weight excluding hydrogens is 327 g/mol. The average molecular weight is 345 g/mol. The second kappa shape index (κ2) is 7.31. The van der Waals surface area contributed by atoms with Crippen molar-refractivity contribution in [2.24, 2.45) is 0 Å². The van der Waals surface area contributed by atoms with Crippen LogP contribution in [0, 0.1) is 0 Å². The number of nitrogens with zero attached hydrogens (tertiary/aromatic N) is 1. The first-order valence-corrected chi connectivity index (χ1v) is 6.75. The van der Waals surface area contributed by atoms with Crippen LogP contribution >= 0.6 is 0 Å². The Morgan fingerprint density at radius 2 is 1.91 bits per heavy atom. The summed E-state index contributed by atoms with van der Waals surface area (Å²) in [6.45, 7) is 5.37. The minimum Gasteiger partial charge on any atom is -0.478 e. The van der Waals surface area contributed by atoms with Crippen molar-refractivity contribution < 1.29 is 24.2 Å². The van der Waals surface area contributed by atoms with Crippen LogP contribution in [0.5, 0.6) is 0 Å². The van der Waals surface area contributed by atoms with Crippen LogP contribution in [-0.4, -0.2) is 92.0 Å². The molecule has 1 heterocycles. The first kappa shape index (κ1) is 20.1. The van der Waals surface area contributed by atoms with Gasteiger partial charge in [0, 0.05) is 70.5 Å². The van der Waals surface area contributed by atoms with E-state index in [1.165, 1.54) is 17.0 Å². The normalized spacial score (nSPS) is 13.2. The predicted molar refractivity (Wildman–Crippen MR) is 84.8 cm³/mol. The van der Waals surface area contributed by atoms with Crippen molar-refractivity contribution in [3.05, 3.63) is 28.8 Å². The number of ether oxygens (including phenoxy) is 1. The van der Waals surface area contributed by atoms with Gasteiger partial charge in [-0.05, 0) is 32.9 Å². The topological polar surface area (TPSA) is 95.9 Å². The van der Waals surface area contributed by atoms with Crippen molar-refractivity contribution in [1.29, 1.82) is 0 Å². The molecule has 2 rings (SSSR count). The summed E-state index contributed by atoms with van der Waals surface area (Å²) in [7, 11) is 1.57. The molecule has 0 aromatic heterocycles. The molecule has 8 heteroatoms. The molecule has 0 unspecified atom stereocenters. The molecule has 1 radical (unpaired) electrons. The summed E-state index contributed by atoms with van der Waals surface area (Å²) < 4.78 is 5.15. The molecule has 0 saturated carbocycles. The van der Waals surface area contributed by atoms with Gasteiger partial charge in [0.15, 0.2) is 0 Å². The first-order chi connectivity index (χ1) is 10.1. The molecule has 0 aliphatic carbocycles. The average Bonchev–Trinajstić information content (AvgIpc) is 2.63. The molecule has 2 N–H and O–H groups in total. The van der Waals surface area contributed by atoms with E-state index in [4.69, 9.17) is 4.74 Å². The van der Waals surface area contributed by atoms with E-state index in [1.54, 1.807) is 27.8 Å². The Morgan fingerprint density at radius 3 is 2.43 bits per heavy atom. The minimum absolute atomic E-state index is 0. The van der Waals surface area contributed by atoms with Gasteiger partial charge in [0.1, 0.15) is 5.60 Å². The third kappa shape index (κ3) is 4.54. The number of anilines is 1. The Hall–Kier alpha value is -0.934. The number of aromatic carboxylic acids is 1. The van der Waals surface area contributed by atoms with Crippen LogP contribution in [0.1, 0.15) is 47.1 Å². The summed E-state index contributed by atoms with van der Waals surface area (Å²) in [5.41, 5.74) is 0.238. The zero-order valence-corrected chi connectivity index (χ0v) is 17.0. The predicted octanol–water partition coefficient (Wildman–Crippen LogP) is 1.94. The van der Waals surface area contributed by atoms with E-state index < -0.39 is 17.7 Å². The number of carboxylic acids is 1. The zero-order valence-electron chi connectivity index (χ0n) is 13.9. The van der Waals surface area contributed by atoms with Gasteiger partial charge in [-0.25, -0.2) is 9.59 Å². The number of fused-ring (bicyclic) bond motifs is 1. The Labute approximate surface area is 176 Å². The van der Waals surface area contributed by atoms with E-state index >= 15 is 0 Å². The van der Waals surface area contributed by atoms with Crippen molar-refractivity contribution in [2.75, 3.05) is 12.4 Å². The molecule has 23 heavy (non-hydrogen) atoms. The molecule has 0 atom stereocenters. The fourth-order valence-electron chi connectivity index (χ4n) is 2.27. The molecule has 0 bridgehead atoms. The molecular formula is C15H18KN2O5. The van der Waals surface area contributed by atoms with Crippen LogP contribution in [0.4, 0.5) is 10.5 Å². The molecule has 0 fully saturated rings. The van der Waals surface area contributed by atoms with Gasteiger partial charge in [0.05, 0.1) is 16.8 Å². The molecule has 1 aromatic carbocycles. The van der Waals surface area contributed by atoms with Crippen LogP contribution in [0.3, 0.4) is 0 Å². The Kier molecular flexibility index (Phi) is 6.39. The number of carbonyl (C=O) groups is 3. The van der Waals surface area contributed by atoms with Crippen molar-refractivity contribution in [3.8, 4) is 0 Å². The fourth-order valence-corrected chi connectivity index (χ4v) is 2.27. The summed E-state index contributed by atoms with van der Waals surface area (Å²) in [4.78, 5) is 36.7. The monoisotopic (exact) mass is 345 g/mol. The van der Waals surface area contributed by atoms with Crippen molar-refractivity contribution >= 4 is 75.0 Å². The molecule has 0 spiro atoms. The van der Waals surface area contributed by atoms with Gasteiger partial charge in [0.2, 0.25) is 0 Å². The van der Waals surface area contributed by atoms with Crippen LogP contribution in [-0.2, 0) is 11.3 Å². The molecule has 0 saturated heterocycles. The van der Waals surface area contributed by atoms with E-state index in [0.29, 0.717) is 5.56 Å². The van der Waals surface area contributed by atoms with Crippen LogP contribution in [0.25, 0.3) is 0 Å². The number of rotatable bonds is 2. The summed E-state index contributed by atoms with van der Waals surface area (Å²) in [5, 5.41) is 11.7. The molecule has 7 nitrogen and oxygen atoms in total. The number of nitrogens with one attached hydrogen (secondary N) is 1. The van der Waals surface area contributed by atoms with E-state index in [9.17, 15) is 19.5 Å². The van der Waals surface area contributed by atoms with Gasteiger partial charge in [-0.3, -0.25) is 10.1 Å². The largest absolute Gasteiger partial charge is 0.478 e. The number of carboxylic acid groups (broad SMARTS) is 1. The summed E-state index contributed by atoms with van der Waals surface area (Å²) >= 11 is 0. The number of amides is 2. The summed E-state index contributed by atoms with van der Waals surface area (Å²) in [6, 6.07) is 2.78. The maximum absolute atomic E-state index is 12.2. The van der Waals surface area contributed by atoms with Crippen LogP contribution in [0.2, 0.25) is 0 Å². The van der Waals surface area contributed by atoms with E-state index in [0.717, 1.165) is 0 Å². The molecule has 119 valence electrons. The van der Waals surface area contributed by atoms with Gasteiger partial charge in [-0.1, -0.05) is 0 Å². The van der Waals surface area contributed by atoms with Gasteiger partial charge in [-0.2, -0.15) is 0 Å². The smallest absolute Gasteiger partial charge is 0.412 e. The third-order valence-corrected chi connectivity index (χ3v) is 3.13. The third-order valence-electron chi connectivity index (χ3n) is 3.13. The van der Waals surface area contributed by atoms with Gasteiger partial charge in [0.25, 0.3) is 5.91 Å².